The first kappa shape index (κ1) is 11.5. The third-order valence-corrected chi connectivity index (χ3v) is 2.55. The third kappa shape index (κ3) is 2.42. The number of nitrogens with zero attached hydrogens (tertiary/aromatic N) is 1. The van der Waals surface area contributed by atoms with Crippen molar-refractivity contribution in [3.8, 4) is 11.1 Å². The fourth-order valence-corrected chi connectivity index (χ4v) is 1.58. The summed E-state index contributed by atoms with van der Waals surface area (Å²) in [6.07, 6.45) is 1.45. The number of rotatable bonds is 2. The van der Waals surface area contributed by atoms with Crippen LogP contribution in [0.2, 0.25) is 5.15 Å². The maximum absolute atomic E-state index is 12.7. The summed E-state index contributed by atoms with van der Waals surface area (Å²) in [6.45, 7) is 0. The molecule has 0 unspecified atom stereocenters. The minimum Gasteiger partial charge on any atom is -0.478 e. The van der Waals surface area contributed by atoms with E-state index in [2.05, 4.69) is 4.98 Å². The molecule has 0 atom stereocenters. The van der Waals surface area contributed by atoms with Gasteiger partial charge in [-0.15, -0.1) is 0 Å². The molecule has 86 valence electrons. The van der Waals surface area contributed by atoms with Crippen LogP contribution in [-0.4, -0.2) is 16.1 Å². The highest BCUT2D eigenvalue weighted by Crippen LogP contribution is 2.23. The van der Waals surface area contributed by atoms with Crippen LogP contribution in [0.5, 0.6) is 0 Å². The summed E-state index contributed by atoms with van der Waals surface area (Å²) in [4.78, 5) is 14.7. The van der Waals surface area contributed by atoms with Crippen molar-refractivity contribution in [3.63, 3.8) is 0 Å². The van der Waals surface area contributed by atoms with Crippen molar-refractivity contribution in [2.45, 2.75) is 0 Å². The fraction of sp³-hybridized carbons (Fsp3) is 0. The van der Waals surface area contributed by atoms with Crippen molar-refractivity contribution in [1.29, 1.82) is 0 Å². The van der Waals surface area contributed by atoms with E-state index in [0.717, 1.165) is 0 Å². The summed E-state index contributed by atoms with van der Waals surface area (Å²) in [5.41, 5.74) is 1.18. The lowest BCUT2D eigenvalue weighted by Crippen LogP contribution is -1.99. The molecule has 1 N–H and O–H groups in total. The minimum atomic E-state index is -1.15. The summed E-state index contributed by atoms with van der Waals surface area (Å²) in [6, 6.07) is 7.09. The van der Waals surface area contributed by atoms with Gasteiger partial charge in [0.2, 0.25) is 0 Å². The van der Waals surface area contributed by atoms with Gasteiger partial charge in [0.15, 0.2) is 0 Å². The second-order valence-electron chi connectivity index (χ2n) is 3.37. The van der Waals surface area contributed by atoms with Gasteiger partial charge in [-0.05, 0) is 23.8 Å². The van der Waals surface area contributed by atoms with Crippen LogP contribution in [0.3, 0.4) is 0 Å². The smallest absolute Gasteiger partial charge is 0.338 e. The first-order chi connectivity index (χ1) is 8.08. The summed E-state index contributed by atoms with van der Waals surface area (Å²) in [5, 5.41) is 8.83. The number of benzene rings is 1. The molecule has 0 fully saturated rings. The van der Waals surface area contributed by atoms with Crippen LogP contribution in [-0.2, 0) is 0 Å². The second-order valence-corrected chi connectivity index (χ2v) is 3.73. The Balaban J connectivity index is 2.50. The Morgan fingerprint density at radius 3 is 2.47 bits per heavy atom. The topological polar surface area (TPSA) is 50.2 Å². The van der Waals surface area contributed by atoms with Crippen molar-refractivity contribution in [3.05, 3.63) is 53.1 Å². The van der Waals surface area contributed by atoms with E-state index in [9.17, 15) is 9.18 Å². The highest BCUT2D eigenvalue weighted by Gasteiger charge is 2.11. The largest absolute Gasteiger partial charge is 0.478 e. The number of aromatic carboxylic acids is 1. The van der Waals surface area contributed by atoms with E-state index in [1.54, 1.807) is 12.1 Å². The molecule has 0 radical (unpaired) electrons. The predicted octanol–water partition coefficient (Wildman–Crippen LogP) is 3.24. The molecule has 0 spiro atoms. The number of aromatic nitrogens is 1. The van der Waals surface area contributed by atoms with Crippen LogP contribution in [0.4, 0.5) is 4.39 Å². The maximum Gasteiger partial charge on any atom is 0.338 e. The van der Waals surface area contributed by atoms with E-state index >= 15 is 0 Å². The normalized spacial score (nSPS) is 10.2. The molecule has 0 saturated heterocycles. The molecule has 0 aliphatic heterocycles. The van der Waals surface area contributed by atoms with Gasteiger partial charge in [0.25, 0.3) is 0 Å². The van der Waals surface area contributed by atoms with E-state index in [1.165, 1.54) is 24.4 Å². The molecule has 2 aromatic rings. The summed E-state index contributed by atoms with van der Waals surface area (Å²) < 4.78 is 12.7. The maximum atomic E-state index is 12.7. The monoisotopic (exact) mass is 251 g/mol. The van der Waals surface area contributed by atoms with E-state index in [-0.39, 0.29) is 16.5 Å². The molecule has 0 bridgehead atoms. The number of carbonyl (C=O) groups is 1. The zero-order valence-electron chi connectivity index (χ0n) is 8.52. The van der Waals surface area contributed by atoms with Crippen LogP contribution in [0.15, 0.2) is 36.5 Å². The van der Waals surface area contributed by atoms with Crippen LogP contribution in [0.1, 0.15) is 10.4 Å². The molecule has 17 heavy (non-hydrogen) atoms. The highest BCUT2D eigenvalue weighted by molar-refractivity contribution is 6.32. The van der Waals surface area contributed by atoms with E-state index in [1.807, 2.05) is 0 Å². The van der Waals surface area contributed by atoms with Gasteiger partial charge in [-0.3, -0.25) is 0 Å². The Kier molecular flexibility index (Phi) is 3.06. The van der Waals surface area contributed by atoms with Crippen LogP contribution in [0.25, 0.3) is 11.1 Å². The zero-order valence-corrected chi connectivity index (χ0v) is 9.28. The quantitative estimate of drug-likeness (QED) is 0.834. The first-order valence-electron chi connectivity index (χ1n) is 4.72. The lowest BCUT2D eigenvalue weighted by molar-refractivity contribution is 0.0696. The Hall–Kier alpha value is -1.94. The molecule has 0 aliphatic carbocycles. The lowest BCUT2D eigenvalue weighted by atomic mass is 10.1. The van der Waals surface area contributed by atoms with E-state index in [0.29, 0.717) is 11.1 Å². The molecule has 5 heteroatoms. The number of hydrogen-bond donors (Lipinski definition) is 1. The summed E-state index contributed by atoms with van der Waals surface area (Å²) in [7, 11) is 0. The standard InChI is InChI=1S/C12H7ClFNO2/c13-11-10(12(16)17)5-8(6-15-11)7-1-3-9(14)4-2-7/h1-6H,(H,16,17). The van der Waals surface area contributed by atoms with Gasteiger partial charge < -0.3 is 5.11 Å². The van der Waals surface area contributed by atoms with E-state index in [4.69, 9.17) is 16.7 Å². The Bertz CT molecular complexity index is 569. The third-order valence-electron chi connectivity index (χ3n) is 2.25. The highest BCUT2D eigenvalue weighted by atomic mass is 35.5. The molecular formula is C12H7ClFNO2. The lowest BCUT2D eigenvalue weighted by Gasteiger charge is -2.03. The van der Waals surface area contributed by atoms with Crippen molar-refractivity contribution in [2.24, 2.45) is 0 Å². The van der Waals surface area contributed by atoms with Gasteiger partial charge in [-0.2, -0.15) is 0 Å². The number of hydrogen-bond acceptors (Lipinski definition) is 2. The molecule has 1 heterocycles. The van der Waals surface area contributed by atoms with Crippen LogP contribution >= 0.6 is 11.6 Å². The number of halogens is 2. The minimum absolute atomic E-state index is 0.0663. The van der Waals surface area contributed by atoms with Gasteiger partial charge in [-0.1, -0.05) is 23.7 Å². The molecule has 1 aromatic carbocycles. The molecule has 0 aliphatic rings. The molecule has 0 saturated carbocycles. The van der Waals surface area contributed by atoms with E-state index < -0.39 is 5.97 Å². The summed E-state index contributed by atoms with van der Waals surface area (Å²) >= 11 is 5.65. The van der Waals surface area contributed by atoms with Gasteiger partial charge in [0.05, 0.1) is 5.56 Å². The van der Waals surface area contributed by atoms with Crippen molar-refractivity contribution < 1.29 is 14.3 Å². The fourth-order valence-electron chi connectivity index (χ4n) is 1.40. The molecule has 3 nitrogen and oxygen atoms in total. The van der Waals surface area contributed by atoms with Crippen molar-refractivity contribution in [1.82, 2.24) is 4.98 Å². The molecular weight excluding hydrogens is 245 g/mol. The van der Waals surface area contributed by atoms with Crippen molar-refractivity contribution in [2.75, 3.05) is 0 Å². The first-order valence-corrected chi connectivity index (χ1v) is 5.10. The van der Waals surface area contributed by atoms with Crippen molar-refractivity contribution >= 4 is 17.6 Å². The van der Waals surface area contributed by atoms with Gasteiger partial charge in [0.1, 0.15) is 11.0 Å². The average molecular weight is 252 g/mol. The number of carboxylic acids is 1. The molecule has 2 rings (SSSR count). The zero-order chi connectivity index (χ0) is 12.4. The van der Waals surface area contributed by atoms with Crippen LogP contribution < -0.4 is 0 Å². The average Bonchev–Trinajstić information content (AvgIpc) is 2.30. The Morgan fingerprint density at radius 2 is 1.88 bits per heavy atom. The van der Waals surface area contributed by atoms with Gasteiger partial charge in [0, 0.05) is 11.8 Å². The number of carboxylic acid groups (broad SMARTS) is 1. The SMILES string of the molecule is O=C(O)c1cc(-c2ccc(F)cc2)cnc1Cl. The molecule has 1 aromatic heterocycles. The second kappa shape index (κ2) is 4.51. The van der Waals surface area contributed by atoms with Gasteiger partial charge >= 0.3 is 5.97 Å². The molecule has 0 amide bonds. The van der Waals surface area contributed by atoms with Crippen LogP contribution in [0, 0.1) is 5.82 Å². The Morgan fingerprint density at radius 1 is 1.24 bits per heavy atom. The number of pyridine rings is 1. The summed E-state index contributed by atoms with van der Waals surface area (Å²) in [5.74, 6) is -1.50. The predicted molar refractivity (Wildman–Crippen MR) is 61.6 cm³/mol. The van der Waals surface area contributed by atoms with Gasteiger partial charge in [-0.25, -0.2) is 14.2 Å². The Labute approximate surface area is 101 Å².